The Bertz CT molecular complexity index is 1020. The summed E-state index contributed by atoms with van der Waals surface area (Å²) in [6.45, 7) is 1.94. The van der Waals surface area contributed by atoms with E-state index in [9.17, 15) is 4.79 Å². The topological polar surface area (TPSA) is 77.1 Å². The zero-order valence-electron chi connectivity index (χ0n) is 14.6. The van der Waals surface area contributed by atoms with Gasteiger partial charge >= 0.3 is 0 Å². The molecule has 1 aliphatic carbocycles. The smallest absolute Gasteiger partial charge is 0.273 e. The first-order valence-electron chi connectivity index (χ1n) is 9.01. The van der Waals surface area contributed by atoms with Gasteiger partial charge in [-0.1, -0.05) is 12.2 Å². The van der Waals surface area contributed by atoms with E-state index in [0.717, 1.165) is 54.3 Å². The van der Waals surface area contributed by atoms with Crippen LogP contribution in [0.5, 0.6) is 0 Å². The summed E-state index contributed by atoms with van der Waals surface area (Å²) in [6, 6.07) is 1.66. The van der Waals surface area contributed by atoms with Gasteiger partial charge in [0.25, 0.3) is 5.56 Å². The summed E-state index contributed by atoms with van der Waals surface area (Å²) in [7, 11) is 1.90. The molecule has 0 radical (unpaired) electrons. The zero-order chi connectivity index (χ0) is 17.7. The average molecular weight is 348 g/mol. The summed E-state index contributed by atoms with van der Waals surface area (Å²) in [5.41, 5.74) is 3.85. The van der Waals surface area contributed by atoms with Crippen molar-refractivity contribution < 1.29 is 0 Å². The third kappa shape index (κ3) is 2.39. The van der Waals surface area contributed by atoms with Gasteiger partial charge in [0.15, 0.2) is 0 Å². The van der Waals surface area contributed by atoms with Gasteiger partial charge in [-0.15, -0.1) is 0 Å². The van der Waals surface area contributed by atoms with Gasteiger partial charge in [-0.05, 0) is 37.6 Å². The highest BCUT2D eigenvalue weighted by atomic mass is 16.1. The molecule has 0 saturated carbocycles. The third-order valence-electron chi connectivity index (χ3n) is 5.38. The molecule has 2 aliphatic heterocycles. The van der Waals surface area contributed by atoms with Crippen molar-refractivity contribution in [2.24, 2.45) is 12.1 Å². The summed E-state index contributed by atoms with van der Waals surface area (Å²) in [5, 5.41) is 12.5. The molecule has 2 aromatic heterocycles. The normalized spacial score (nSPS) is 22.0. The molecule has 5 rings (SSSR count). The molecule has 0 aromatic carbocycles. The van der Waals surface area contributed by atoms with Crippen LogP contribution in [-0.2, 0) is 7.05 Å². The first-order valence-corrected chi connectivity index (χ1v) is 9.01. The first-order chi connectivity index (χ1) is 12.7. The lowest BCUT2D eigenvalue weighted by molar-refractivity contribution is 0.439. The van der Waals surface area contributed by atoms with Gasteiger partial charge in [-0.3, -0.25) is 9.48 Å². The van der Waals surface area contributed by atoms with Crippen LogP contribution in [0.2, 0.25) is 0 Å². The predicted octanol–water partition coefficient (Wildman–Crippen LogP) is 1.40. The van der Waals surface area contributed by atoms with E-state index in [0.29, 0.717) is 5.92 Å². The van der Waals surface area contributed by atoms with E-state index < -0.39 is 0 Å². The molecular formula is C19H20N6O. The van der Waals surface area contributed by atoms with Gasteiger partial charge < -0.3 is 5.32 Å². The Morgan fingerprint density at radius 3 is 2.88 bits per heavy atom. The summed E-state index contributed by atoms with van der Waals surface area (Å²) in [5.74, 6) is 0.948. The Morgan fingerprint density at radius 2 is 2.12 bits per heavy atom. The van der Waals surface area contributed by atoms with Gasteiger partial charge in [0.05, 0.1) is 23.5 Å². The molecule has 1 atom stereocenters. The molecule has 26 heavy (non-hydrogen) atoms. The molecule has 1 fully saturated rings. The maximum Gasteiger partial charge on any atom is 0.273 e. The molecule has 0 amide bonds. The first kappa shape index (κ1) is 15.5. The second-order valence-corrected chi connectivity index (χ2v) is 7.06. The highest BCUT2D eigenvalue weighted by molar-refractivity contribution is 6.11. The molecule has 1 unspecified atom stereocenters. The van der Waals surface area contributed by atoms with Crippen LogP contribution in [-0.4, -0.2) is 38.2 Å². The molecule has 132 valence electrons. The third-order valence-corrected chi connectivity index (χ3v) is 5.38. The minimum Gasteiger partial charge on any atom is -0.317 e. The maximum absolute atomic E-state index is 12.4. The van der Waals surface area contributed by atoms with Crippen molar-refractivity contribution in [1.29, 1.82) is 0 Å². The second kappa shape index (κ2) is 5.88. The van der Waals surface area contributed by atoms with Gasteiger partial charge in [0, 0.05) is 30.8 Å². The molecule has 1 N–H and O–H groups in total. The summed E-state index contributed by atoms with van der Waals surface area (Å²) < 4.78 is 3.70. The van der Waals surface area contributed by atoms with Crippen molar-refractivity contribution in [2.75, 3.05) is 13.1 Å². The minimum absolute atomic E-state index is 0.112. The predicted molar refractivity (Wildman–Crippen MR) is 99.2 cm³/mol. The molecule has 7 nitrogen and oxygen atoms in total. The van der Waals surface area contributed by atoms with Crippen molar-refractivity contribution in [3.63, 3.8) is 0 Å². The molecular weight excluding hydrogens is 328 g/mol. The van der Waals surface area contributed by atoms with Crippen molar-refractivity contribution in [1.82, 2.24) is 24.8 Å². The highest BCUT2D eigenvalue weighted by Gasteiger charge is 2.35. The van der Waals surface area contributed by atoms with Gasteiger partial charge in [0.1, 0.15) is 5.82 Å². The molecule has 4 heterocycles. The van der Waals surface area contributed by atoms with E-state index in [1.54, 1.807) is 10.7 Å². The number of allylic oxidation sites excluding steroid dienone is 4. The fourth-order valence-corrected chi connectivity index (χ4v) is 4.13. The number of fused-ring (bicyclic) bond motifs is 3. The fraction of sp³-hybridized carbons (Fsp3) is 0.368. The lowest BCUT2D eigenvalue weighted by Gasteiger charge is -2.24. The minimum atomic E-state index is -0.179. The van der Waals surface area contributed by atoms with Crippen LogP contribution in [0.4, 0.5) is 0 Å². The number of hydrogen-bond acceptors (Lipinski definition) is 5. The zero-order valence-corrected chi connectivity index (χ0v) is 14.6. The van der Waals surface area contributed by atoms with Crippen LogP contribution in [0.1, 0.15) is 41.8 Å². The van der Waals surface area contributed by atoms with Crippen molar-refractivity contribution >= 4 is 11.3 Å². The lowest BCUT2D eigenvalue weighted by Crippen LogP contribution is -2.29. The molecule has 0 bridgehead atoms. The van der Waals surface area contributed by atoms with Crippen LogP contribution in [0.25, 0.3) is 5.57 Å². The molecule has 3 aliphatic rings. The summed E-state index contributed by atoms with van der Waals surface area (Å²) in [6.07, 6.45) is 11.9. The summed E-state index contributed by atoms with van der Waals surface area (Å²) in [4.78, 5) is 16.7. The number of rotatable bonds is 2. The van der Waals surface area contributed by atoms with Crippen LogP contribution >= 0.6 is 0 Å². The van der Waals surface area contributed by atoms with E-state index in [1.165, 1.54) is 0 Å². The summed E-state index contributed by atoms with van der Waals surface area (Å²) >= 11 is 0. The van der Waals surface area contributed by atoms with Crippen LogP contribution < -0.4 is 10.9 Å². The van der Waals surface area contributed by atoms with Gasteiger partial charge in [-0.25, -0.2) is 4.68 Å². The van der Waals surface area contributed by atoms with Crippen LogP contribution in [0.15, 0.2) is 46.6 Å². The Morgan fingerprint density at radius 1 is 1.27 bits per heavy atom. The lowest BCUT2D eigenvalue weighted by atomic mass is 9.86. The Labute approximate surface area is 150 Å². The quantitative estimate of drug-likeness (QED) is 0.890. The molecule has 1 saturated heterocycles. The van der Waals surface area contributed by atoms with E-state index in [1.807, 2.05) is 36.3 Å². The maximum atomic E-state index is 12.4. The monoisotopic (exact) mass is 348 g/mol. The average Bonchev–Trinajstić information content (AvgIpc) is 3.25. The van der Waals surface area contributed by atoms with E-state index in [2.05, 4.69) is 21.5 Å². The number of piperidine rings is 1. The Balaban J connectivity index is 1.64. The fourth-order valence-electron chi connectivity index (χ4n) is 4.13. The van der Waals surface area contributed by atoms with E-state index in [4.69, 9.17) is 5.10 Å². The number of nitrogens with zero attached hydrogens (tertiary/aromatic N) is 5. The molecule has 0 spiro atoms. The standard InChI is InChI=1S/C19H20N6O/c1-24-11-13(10-21-24)14-3-2-4-15-18(14)19-22-17(26)9-16(25(19)23-15)12-5-7-20-8-6-12/h2-4,9-12,18,20H,5-8H2,1H3. The SMILES string of the molecule is Cn1cc(C2=CC=CC3=Nn4c(C5CCNCC5)cc(=O)nc4C23)cn1. The number of aryl methyl sites for hydroxylation is 1. The molecule has 2 aromatic rings. The van der Waals surface area contributed by atoms with Gasteiger partial charge in [-0.2, -0.15) is 15.2 Å². The number of hydrogen-bond donors (Lipinski definition) is 1. The van der Waals surface area contributed by atoms with E-state index in [-0.39, 0.29) is 11.5 Å². The highest BCUT2D eigenvalue weighted by Crippen LogP contribution is 2.39. The van der Waals surface area contributed by atoms with Gasteiger partial charge in [0.2, 0.25) is 0 Å². The van der Waals surface area contributed by atoms with Crippen LogP contribution in [0.3, 0.4) is 0 Å². The molecule has 7 heteroatoms. The largest absolute Gasteiger partial charge is 0.317 e. The number of aromatic nitrogens is 4. The Kier molecular flexibility index (Phi) is 3.49. The Hall–Kier alpha value is -2.80. The number of nitrogens with one attached hydrogen (secondary N) is 1. The van der Waals surface area contributed by atoms with Crippen LogP contribution in [0, 0.1) is 0 Å². The van der Waals surface area contributed by atoms with Crippen molar-refractivity contribution in [2.45, 2.75) is 24.7 Å². The van der Waals surface area contributed by atoms with Crippen molar-refractivity contribution in [3.8, 4) is 0 Å². The second-order valence-electron chi connectivity index (χ2n) is 7.06. The van der Waals surface area contributed by atoms with Crippen molar-refractivity contribution in [3.05, 3.63) is 64.1 Å². The van der Waals surface area contributed by atoms with E-state index >= 15 is 0 Å².